The predicted octanol–water partition coefficient (Wildman–Crippen LogP) is 2.37. The molecule has 0 spiro atoms. The van der Waals surface area contributed by atoms with E-state index in [1.807, 2.05) is 6.20 Å². The van der Waals surface area contributed by atoms with E-state index in [4.69, 9.17) is 4.74 Å². The highest BCUT2D eigenvalue weighted by atomic mass is 79.9. The molecule has 1 aromatic rings. The van der Waals surface area contributed by atoms with E-state index in [2.05, 4.69) is 51.0 Å². The van der Waals surface area contributed by atoms with Gasteiger partial charge in [-0.3, -0.25) is 9.88 Å². The van der Waals surface area contributed by atoms with Crippen molar-refractivity contribution in [2.75, 3.05) is 31.6 Å². The first kappa shape index (κ1) is 13.8. The highest BCUT2D eigenvalue weighted by Crippen LogP contribution is 2.17. The van der Waals surface area contributed by atoms with Crippen LogP contribution in [-0.2, 0) is 4.74 Å². The Labute approximate surface area is 117 Å². The second-order valence-electron chi connectivity index (χ2n) is 4.71. The van der Waals surface area contributed by atoms with Crippen LogP contribution in [-0.4, -0.2) is 48.3 Å². The molecule has 1 aliphatic heterocycles. The van der Waals surface area contributed by atoms with E-state index in [-0.39, 0.29) is 0 Å². The van der Waals surface area contributed by atoms with Crippen molar-refractivity contribution < 1.29 is 4.74 Å². The average Bonchev–Trinajstić information content (AvgIpc) is 2.39. The Morgan fingerprint density at radius 3 is 2.72 bits per heavy atom. The highest BCUT2D eigenvalue weighted by molar-refractivity contribution is 9.10. The molecule has 0 amide bonds. The van der Waals surface area contributed by atoms with Gasteiger partial charge in [0.15, 0.2) is 0 Å². The fourth-order valence-electron chi connectivity index (χ4n) is 2.18. The van der Waals surface area contributed by atoms with Crippen LogP contribution in [0.3, 0.4) is 0 Å². The maximum atomic E-state index is 5.39. The van der Waals surface area contributed by atoms with Gasteiger partial charge in [0.25, 0.3) is 0 Å². The summed E-state index contributed by atoms with van der Waals surface area (Å²) in [7, 11) is 0. The molecule has 18 heavy (non-hydrogen) atoms. The van der Waals surface area contributed by atoms with Gasteiger partial charge in [-0.25, -0.2) is 0 Å². The molecule has 2 rings (SSSR count). The first-order chi connectivity index (χ1) is 8.66. The largest absolute Gasteiger partial charge is 0.380 e. The van der Waals surface area contributed by atoms with Crippen LogP contribution in [0.4, 0.5) is 5.69 Å². The number of nitrogens with one attached hydrogen (secondary N) is 1. The monoisotopic (exact) mass is 313 g/mol. The van der Waals surface area contributed by atoms with E-state index < -0.39 is 0 Å². The van der Waals surface area contributed by atoms with Crippen molar-refractivity contribution in [3.8, 4) is 0 Å². The number of rotatable bonds is 4. The molecule has 1 aliphatic rings. The van der Waals surface area contributed by atoms with Gasteiger partial charge in [0, 0.05) is 35.8 Å². The first-order valence-corrected chi connectivity index (χ1v) is 7.15. The molecule has 0 saturated carbocycles. The topological polar surface area (TPSA) is 37.4 Å². The molecule has 0 radical (unpaired) electrons. The second-order valence-corrected chi connectivity index (χ2v) is 5.63. The van der Waals surface area contributed by atoms with Gasteiger partial charge in [0.2, 0.25) is 0 Å². The molecule has 1 N–H and O–H groups in total. The predicted molar refractivity (Wildman–Crippen MR) is 76.9 cm³/mol. The van der Waals surface area contributed by atoms with Gasteiger partial charge in [0.1, 0.15) is 0 Å². The third-order valence-electron chi connectivity index (χ3n) is 3.44. The Morgan fingerprint density at radius 2 is 2.06 bits per heavy atom. The number of ether oxygens (including phenoxy) is 1. The van der Waals surface area contributed by atoms with Gasteiger partial charge >= 0.3 is 0 Å². The lowest BCUT2D eigenvalue weighted by molar-refractivity contribution is 0.0176. The summed E-state index contributed by atoms with van der Waals surface area (Å²) in [6, 6.07) is 2.90. The third-order valence-corrected chi connectivity index (χ3v) is 3.88. The van der Waals surface area contributed by atoms with E-state index in [9.17, 15) is 0 Å². The minimum atomic E-state index is 0.374. The molecular weight excluding hydrogens is 294 g/mol. The molecule has 2 atom stereocenters. The number of morpholine rings is 1. The van der Waals surface area contributed by atoms with Gasteiger partial charge in [-0.15, -0.1) is 0 Å². The molecule has 0 unspecified atom stereocenters. The molecule has 100 valence electrons. The number of nitrogens with zero attached hydrogens (tertiary/aromatic N) is 2. The number of hydrogen-bond acceptors (Lipinski definition) is 4. The van der Waals surface area contributed by atoms with Crippen molar-refractivity contribution in [2.24, 2.45) is 0 Å². The number of halogens is 1. The van der Waals surface area contributed by atoms with E-state index in [1.165, 1.54) is 0 Å². The molecule has 0 aliphatic carbocycles. The smallest absolute Gasteiger partial charge is 0.0594 e. The average molecular weight is 314 g/mol. The van der Waals surface area contributed by atoms with Crippen molar-refractivity contribution in [3.05, 3.63) is 22.9 Å². The summed E-state index contributed by atoms with van der Waals surface area (Å²) in [5, 5.41) is 3.50. The third kappa shape index (κ3) is 3.67. The minimum Gasteiger partial charge on any atom is -0.380 e. The number of anilines is 1. The summed E-state index contributed by atoms with van der Waals surface area (Å²) >= 11 is 3.44. The molecule has 4 nitrogen and oxygen atoms in total. The fourth-order valence-corrected chi connectivity index (χ4v) is 2.54. The van der Waals surface area contributed by atoms with Crippen LogP contribution in [0.15, 0.2) is 22.9 Å². The molecule has 1 fully saturated rings. The summed E-state index contributed by atoms with van der Waals surface area (Å²) in [5.41, 5.74) is 1.05. The first-order valence-electron chi connectivity index (χ1n) is 6.35. The lowest BCUT2D eigenvalue weighted by Crippen LogP contribution is -2.48. The minimum absolute atomic E-state index is 0.374. The van der Waals surface area contributed by atoms with Crippen LogP contribution in [0, 0.1) is 0 Å². The fraction of sp³-hybridized carbons (Fsp3) is 0.615. The number of aromatic nitrogens is 1. The summed E-state index contributed by atoms with van der Waals surface area (Å²) in [6.45, 7) is 8.19. The molecular formula is C13H20BrN3O. The Morgan fingerprint density at radius 1 is 1.33 bits per heavy atom. The lowest BCUT2D eigenvalue weighted by Gasteiger charge is -2.36. The zero-order valence-electron chi connectivity index (χ0n) is 10.9. The van der Waals surface area contributed by atoms with Crippen LogP contribution >= 0.6 is 15.9 Å². The zero-order chi connectivity index (χ0) is 13.0. The van der Waals surface area contributed by atoms with Crippen molar-refractivity contribution >= 4 is 21.6 Å². The van der Waals surface area contributed by atoms with Crippen LogP contribution in [0.5, 0.6) is 0 Å². The molecule has 0 aromatic carbocycles. The Bertz CT molecular complexity index is 382. The molecule has 1 saturated heterocycles. The standard InChI is InChI=1S/C13H20BrN3O/c1-10(11(2)17-3-5-18-6-4-17)16-13-7-12(14)8-15-9-13/h7-11,16H,3-6H2,1-2H3/t10-,11-/m0/s1. The lowest BCUT2D eigenvalue weighted by atomic mass is 10.1. The van der Waals surface area contributed by atoms with Crippen molar-refractivity contribution in [3.63, 3.8) is 0 Å². The molecule has 5 heteroatoms. The maximum Gasteiger partial charge on any atom is 0.0594 e. The van der Waals surface area contributed by atoms with E-state index in [0.717, 1.165) is 36.5 Å². The van der Waals surface area contributed by atoms with Crippen molar-refractivity contribution in [1.29, 1.82) is 0 Å². The second kappa shape index (κ2) is 6.50. The number of hydrogen-bond donors (Lipinski definition) is 1. The molecule has 2 heterocycles. The maximum absolute atomic E-state index is 5.39. The van der Waals surface area contributed by atoms with Crippen LogP contribution < -0.4 is 5.32 Å². The SMILES string of the molecule is C[C@H](Nc1cncc(Br)c1)[C@H](C)N1CCOCC1. The quantitative estimate of drug-likeness (QED) is 0.926. The van der Waals surface area contributed by atoms with Crippen LogP contribution in [0.1, 0.15) is 13.8 Å². The molecule has 1 aromatic heterocycles. The summed E-state index contributed by atoms with van der Waals surface area (Å²) < 4.78 is 6.38. The van der Waals surface area contributed by atoms with Gasteiger partial charge < -0.3 is 10.1 Å². The van der Waals surface area contributed by atoms with Gasteiger partial charge in [-0.1, -0.05) is 0 Å². The van der Waals surface area contributed by atoms with E-state index in [0.29, 0.717) is 12.1 Å². The van der Waals surface area contributed by atoms with Crippen molar-refractivity contribution in [1.82, 2.24) is 9.88 Å². The zero-order valence-corrected chi connectivity index (χ0v) is 12.5. The Kier molecular flexibility index (Phi) is 4.97. The summed E-state index contributed by atoms with van der Waals surface area (Å²) in [5.74, 6) is 0. The van der Waals surface area contributed by atoms with Crippen LogP contribution in [0.2, 0.25) is 0 Å². The molecule has 0 bridgehead atoms. The summed E-state index contributed by atoms with van der Waals surface area (Å²) in [6.07, 6.45) is 3.65. The Hall–Kier alpha value is -0.650. The van der Waals surface area contributed by atoms with Crippen molar-refractivity contribution in [2.45, 2.75) is 25.9 Å². The highest BCUT2D eigenvalue weighted by Gasteiger charge is 2.21. The van der Waals surface area contributed by atoms with Gasteiger partial charge in [-0.2, -0.15) is 0 Å². The van der Waals surface area contributed by atoms with E-state index in [1.54, 1.807) is 6.20 Å². The van der Waals surface area contributed by atoms with Gasteiger partial charge in [-0.05, 0) is 35.8 Å². The van der Waals surface area contributed by atoms with E-state index >= 15 is 0 Å². The van der Waals surface area contributed by atoms with Crippen LogP contribution in [0.25, 0.3) is 0 Å². The summed E-state index contributed by atoms with van der Waals surface area (Å²) in [4.78, 5) is 6.63. The number of pyridine rings is 1. The normalized spacial score (nSPS) is 20.4. The van der Waals surface area contributed by atoms with Gasteiger partial charge in [0.05, 0.1) is 25.1 Å². The Balaban J connectivity index is 1.92.